The third-order valence-electron chi connectivity index (χ3n) is 5.19. The monoisotopic (exact) mass is 465 g/mol. The Balaban J connectivity index is 1.68. The number of H-pyrrole nitrogens is 1. The van der Waals surface area contributed by atoms with Crippen molar-refractivity contribution < 1.29 is 14.7 Å². The van der Waals surface area contributed by atoms with Crippen LogP contribution < -0.4 is 4.90 Å². The predicted molar refractivity (Wildman–Crippen MR) is 122 cm³/mol. The topological polar surface area (TPSA) is 130 Å². The number of imidazole rings is 1. The van der Waals surface area contributed by atoms with Gasteiger partial charge in [-0.3, -0.25) is 9.69 Å². The molecule has 11 heteroatoms. The largest absolute Gasteiger partial charge is 0.478 e. The molecule has 0 bridgehead atoms. The van der Waals surface area contributed by atoms with E-state index >= 15 is 0 Å². The second-order valence-electron chi connectivity index (χ2n) is 7.49. The van der Waals surface area contributed by atoms with Gasteiger partial charge in [-0.25, -0.2) is 9.78 Å². The van der Waals surface area contributed by atoms with Crippen molar-refractivity contribution in [1.82, 2.24) is 30.2 Å². The number of carboxylic acids is 1. The number of unbranched alkanes of at least 4 members (excludes halogenated alkanes) is 1. The molecule has 0 saturated carbocycles. The molecule has 4 aromatic rings. The molecule has 3 aromatic heterocycles. The fourth-order valence-electron chi connectivity index (χ4n) is 3.44. The number of aromatic amines is 1. The number of tetrazole rings is 1. The zero-order valence-corrected chi connectivity index (χ0v) is 18.8. The van der Waals surface area contributed by atoms with Crippen LogP contribution in [0.5, 0.6) is 0 Å². The summed E-state index contributed by atoms with van der Waals surface area (Å²) in [7, 11) is 0. The number of hydrogen-bond acceptors (Lipinski definition) is 7. The lowest BCUT2D eigenvalue weighted by Gasteiger charge is -2.19. The number of aryl methyl sites for hydroxylation is 1. The second-order valence-corrected chi connectivity index (χ2v) is 8.27. The average molecular weight is 466 g/mol. The van der Waals surface area contributed by atoms with E-state index in [4.69, 9.17) is 5.11 Å². The minimum atomic E-state index is -0.979. The van der Waals surface area contributed by atoms with Crippen LogP contribution in [-0.4, -0.2) is 47.2 Å². The van der Waals surface area contributed by atoms with Crippen LogP contribution in [-0.2, 0) is 19.5 Å². The van der Waals surface area contributed by atoms with Crippen LogP contribution in [0.4, 0.5) is 5.95 Å². The Morgan fingerprint density at radius 2 is 2.00 bits per heavy atom. The summed E-state index contributed by atoms with van der Waals surface area (Å²) in [6, 6.07) is 8.57. The van der Waals surface area contributed by atoms with Crippen molar-refractivity contribution >= 4 is 29.2 Å². The number of carbonyl (C=O) groups excluding carboxylic acids is 1. The summed E-state index contributed by atoms with van der Waals surface area (Å²) in [5.41, 5.74) is 2.45. The maximum Gasteiger partial charge on any atom is 0.335 e. The van der Waals surface area contributed by atoms with Crippen molar-refractivity contribution in [3.8, 4) is 0 Å². The second kappa shape index (κ2) is 10.2. The Morgan fingerprint density at radius 3 is 2.64 bits per heavy atom. The molecule has 0 atom stereocenters. The van der Waals surface area contributed by atoms with Crippen LogP contribution in [0.1, 0.15) is 57.6 Å². The average Bonchev–Trinajstić information content (AvgIpc) is 3.59. The number of benzene rings is 1. The Bertz CT molecular complexity index is 1200. The molecule has 0 aliphatic heterocycles. The van der Waals surface area contributed by atoms with Crippen LogP contribution in [0.3, 0.4) is 0 Å². The molecule has 170 valence electrons. The van der Waals surface area contributed by atoms with Crippen LogP contribution in [0.25, 0.3) is 0 Å². The highest BCUT2D eigenvalue weighted by Gasteiger charge is 2.26. The van der Waals surface area contributed by atoms with Crippen molar-refractivity contribution in [1.29, 1.82) is 0 Å². The van der Waals surface area contributed by atoms with E-state index in [0.717, 1.165) is 36.2 Å². The first-order valence-corrected chi connectivity index (χ1v) is 11.4. The first kappa shape index (κ1) is 22.3. The van der Waals surface area contributed by atoms with Gasteiger partial charge in [0.1, 0.15) is 11.5 Å². The zero-order valence-electron chi connectivity index (χ0n) is 18.0. The van der Waals surface area contributed by atoms with Crippen molar-refractivity contribution in [3.63, 3.8) is 0 Å². The molecule has 0 unspecified atom stereocenters. The molecule has 33 heavy (non-hydrogen) atoms. The fraction of sp³-hybridized carbons (Fsp3) is 0.273. The minimum Gasteiger partial charge on any atom is -0.478 e. The van der Waals surface area contributed by atoms with Crippen molar-refractivity contribution in [2.75, 3.05) is 4.90 Å². The summed E-state index contributed by atoms with van der Waals surface area (Å²) in [5, 5.41) is 27.1. The number of rotatable bonds is 10. The zero-order chi connectivity index (χ0) is 23.2. The smallest absolute Gasteiger partial charge is 0.335 e. The third-order valence-corrected chi connectivity index (χ3v) is 5.93. The lowest BCUT2D eigenvalue weighted by Crippen LogP contribution is -2.33. The molecule has 0 radical (unpaired) electrons. The normalized spacial score (nSPS) is 10.9. The van der Waals surface area contributed by atoms with E-state index in [1.54, 1.807) is 41.8 Å². The van der Waals surface area contributed by atoms with Crippen LogP contribution in [0.15, 0.2) is 47.3 Å². The molecular weight excluding hydrogens is 442 g/mol. The number of nitrogens with one attached hydrogen (secondary N) is 1. The van der Waals surface area contributed by atoms with Gasteiger partial charge in [0.2, 0.25) is 0 Å². The Morgan fingerprint density at radius 1 is 1.18 bits per heavy atom. The van der Waals surface area contributed by atoms with E-state index in [1.807, 2.05) is 21.4 Å². The van der Waals surface area contributed by atoms with Gasteiger partial charge in [0.25, 0.3) is 11.9 Å². The van der Waals surface area contributed by atoms with Gasteiger partial charge in [0.05, 0.1) is 18.3 Å². The summed E-state index contributed by atoms with van der Waals surface area (Å²) in [6.07, 6.45) is 4.24. The molecule has 0 fully saturated rings. The number of aromatic carboxylic acids is 1. The molecule has 1 amide bonds. The van der Waals surface area contributed by atoms with E-state index < -0.39 is 5.97 Å². The first-order chi connectivity index (χ1) is 16.1. The minimum absolute atomic E-state index is 0.180. The maximum atomic E-state index is 13.7. The maximum absolute atomic E-state index is 13.7. The molecule has 10 nitrogen and oxygen atoms in total. The molecule has 3 heterocycles. The van der Waals surface area contributed by atoms with Crippen LogP contribution in [0.2, 0.25) is 0 Å². The van der Waals surface area contributed by atoms with Gasteiger partial charge in [0.15, 0.2) is 0 Å². The van der Waals surface area contributed by atoms with Crippen molar-refractivity contribution in [2.45, 2.75) is 39.3 Å². The highest BCUT2D eigenvalue weighted by atomic mass is 32.1. The Labute approximate surface area is 193 Å². The number of hydrogen-bond donors (Lipinski definition) is 2. The molecule has 1 aromatic carbocycles. The highest BCUT2D eigenvalue weighted by Crippen LogP contribution is 2.20. The summed E-state index contributed by atoms with van der Waals surface area (Å²) in [5.74, 6) is -0.293. The van der Waals surface area contributed by atoms with E-state index in [2.05, 4.69) is 32.5 Å². The summed E-state index contributed by atoms with van der Waals surface area (Å²) in [4.78, 5) is 30.9. The fourth-order valence-corrected chi connectivity index (χ4v) is 4.10. The number of carbonyl (C=O) groups is 2. The number of carboxylic acid groups (broad SMARTS) is 1. The summed E-state index contributed by atoms with van der Waals surface area (Å²) >= 11 is 1.55. The predicted octanol–water partition coefficient (Wildman–Crippen LogP) is 3.39. The van der Waals surface area contributed by atoms with Crippen LogP contribution >= 0.6 is 11.3 Å². The molecule has 2 N–H and O–H groups in total. The van der Waals surface area contributed by atoms with Gasteiger partial charge in [0, 0.05) is 13.0 Å². The van der Waals surface area contributed by atoms with E-state index in [1.165, 1.54) is 4.90 Å². The summed E-state index contributed by atoms with van der Waals surface area (Å²) in [6.45, 7) is 2.78. The van der Waals surface area contributed by atoms with Gasteiger partial charge in [-0.15, -0.1) is 5.10 Å². The number of aromatic nitrogens is 6. The standard InChI is InChI=1S/C22H23N7O3S/c1-2-3-4-19-23-11-18(28(19)12-15-5-7-17(8-6-15)21(31)32)20(30)29(22-24-26-27-25-22)13-16-9-10-33-14-16/h5-11,14H,2-4,12-13H2,1H3,(H,31,32)(H,24,25,26,27). The molecule has 4 rings (SSSR count). The van der Waals surface area contributed by atoms with Gasteiger partial charge in [-0.2, -0.15) is 16.6 Å². The highest BCUT2D eigenvalue weighted by molar-refractivity contribution is 7.07. The Hall–Kier alpha value is -3.86. The first-order valence-electron chi connectivity index (χ1n) is 10.5. The quantitative estimate of drug-likeness (QED) is 0.367. The summed E-state index contributed by atoms with van der Waals surface area (Å²) < 4.78 is 1.88. The number of amides is 1. The van der Waals surface area contributed by atoms with E-state index in [9.17, 15) is 9.59 Å². The lowest BCUT2D eigenvalue weighted by molar-refractivity contribution is 0.0696. The van der Waals surface area contributed by atoms with Crippen molar-refractivity contribution in [3.05, 3.63) is 75.5 Å². The molecule has 0 saturated heterocycles. The Kier molecular flexibility index (Phi) is 6.89. The van der Waals surface area contributed by atoms with Gasteiger partial charge >= 0.3 is 5.97 Å². The van der Waals surface area contributed by atoms with Gasteiger partial charge in [-0.05, 0) is 51.7 Å². The molecule has 0 spiro atoms. The van der Waals surface area contributed by atoms with Gasteiger partial charge < -0.3 is 9.67 Å². The number of thiophene rings is 1. The SMILES string of the molecule is CCCCc1ncc(C(=O)N(Cc2ccsc2)c2nn[nH]n2)n1Cc1ccc(C(=O)O)cc1. The van der Waals surface area contributed by atoms with Crippen LogP contribution in [0, 0.1) is 0 Å². The number of anilines is 1. The van der Waals surface area contributed by atoms with Gasteiger partial charge in [-0.1, -0.05) is 30.6 Å². The van der Waals surface area contributed by atoms with E-state index in [0.29, 0.717) is 18.8 Å². The van der Waals surface area contributed by atoms with E-state index in [-0.39, 0.29) is 17.4 Å². The third kappa shape index (κ3) is 5.14. The van der Waals surface area contributed by atoms with Crippen molar-refractivity contribution in [2.24, 2.45) is 0 Å². The lowest BCUT2D eigenvalue weighted by atomic mass is 10.1. The number of nitrogens with zero attached hydrogens (tertiary/aromatic N) is 6. The molecule has 0 aliphatic carbocycles. The molecular formula is C22H23N7O3S. The molecule has 0 aliphatic rings.